The molecule has 0 radical (unpaired) electrons. The molecule has 120 valence electrons. The third-order valence-corrected chi connectivity index (χ3v) is 6.45. The molecular weight excluding hydrogens is 466 g/mol. The Hall–Kier alpha value is -1.76. The van der Waals surface area contributed by atoms with Crippen LogP contribution in [0.5, 0.6) is 0 Å². The van der Waals surface area contributed by atoms with E-state index in [1.807, 2.05) is 0 Å². The van der Waals surface area contributed by atoms with Gasteiger partial charge in [-0.3, -0.25) is 0 Å². The summed E-state index contributed by atoms with van der Waals surface area (Å²) in [4.78, 5) is 2.23. The van der Waals surface area contributed by atoms with Gasteiger partial charge in [-0.1, -0.05) is 0 Å². The van der Waals surface area contributed by atoms with Crippen LogP contribution < -0.4 is 0 Å². The molecule has 1 aliphatic heterocycles. The standard InChI is InChI=1S/C21H19NO.W/c1-14-20(13-23-3)21-18-11-7-6-9-16(18)15-8-4-5-10-17(15)19(21)12-22(14)2;/h4-12,21H,1-3H3;. The quantitative estimate of drug-likeness (QED) is 0.628. The average Bonchev–Trinajstić information content (AvgIpc) is 2.62. The maximum absolute atomic E-state index is 5.70. The van der Waals surface area contributed by atoms with Gasteiger partial charge in [-0.25, -0.2) is 0 Å². The fourth-order valence-corrected chi connectivity index (χ4v) is 4.78. The number of allylic oxidation sites excluding steroid dienone is 2. The summed E-state index contributed by atoms with van der Waals surface area (Å²) in [6.07, 6.45) is 2.29. The molecule has 0 bridgehead atoms. The molecule has 1 unspecified atom stereocenters. The van der Waals surface area contributed by atoms with Crippen LogP contribution in [0, 0.1) is 0 Å². The zero-order valence-electron chi connectivity index (χ0n) is 14.0. The van der Waals surface area contributed by atoms with Crippen molar-refractivity contribution >= 4 is 9.66 Å². The number of rotatable bonds is 2. The van der Waals surface area contributed by atoms with E-state index in [2.05, 4.69) is 73.6 Å². The van der Waals surface area contributed by atoms with E-state index in [9.17, 15) is 0 Å². The van der Waals surface area contributed by atoms with Crippen molar-refractivity contribution in [3.8, 4) is 11.1 Å². The Morgan fingerprint density at radius 3 is 2.33 bits per heavy atom. The van der Waals surface area contributed by atoms with Crippen molar-refractivity contribution in [3.63, 3.8) is 0 Å². The second kappa shape index (κ2) is 5.95. The third-order valence-electron chi connectivity index (χ3n) is 5.06. The Balaban J connectivity index is 2.05. The first-order valence-electron chi connectivity index (χ1n) is 8.05. The number of benzene rings is 2. The topological polar surface area (TPSA) is 12.5 Å². The fourth-order valence-electron chi connectivity index (χ4n) is 3.82. The van der Waals surface area contributed by atoms with Gasteiger partial charge >= 0.3 is 154 Å². The molecule has 0 aromatic heterocycles. The van der Waals surface area contributed by atoms with E-state index in [0.717, 1.165) is 4.08 Å². The van der Waals surface area contributed by atoms with Crippen LogP contribution in [0.4, 0.5) is 0 Å². The molecule has 4 rings (SSSR count). The monoisotopic (exact) mass is 485 g/mol. The van der Waals surface area contributed by atoms with Gasteiger partial charge in [0.25, 0.3) is 0 Å². The summed E-state index contributed by atoms with van der Waals surface area (Å²) >= 11 is 1.37. The maximum atomic E-state index is 5.70. The van der Waals surface area contributed by atoms with Crippen LogP contribution in [0.3, 0.4) is 0 Å². The van der Waals surface area contributed by atoms with Crippen molar-refractivity contribution in [2.75, 3.05) is 14.2 Å². The van der Waals surface area contributed by atoms with Gasteiger partial charge in [0.1, 0.15) is 0 Å². The first kappa shape index (κ1) is 15.7. The zero-order chi connectivity index (χ0) is 16.8. The van der Waals surface area contributed by atoms with Crippen LogP contribution >= 0.6 is 0 Å². The van der Waals surface area contributed by atoms with Gasteiger partial charge in [0, 0.05) is 0 Å². The molecule has 0 amide bonds. The predicted molar refractivity (Wildman–Crippen MR) is 95.1 cm³/mol. The van der Waals surface area contributed by atoms with Crippen LogP contribution in [0.25, 0.3) is 16.7 Å². The molecule has 0 saturated carbocycles. The summed E-state index contributed by atoms with van der Waals surface area (Å²) < 4.78 is 6.78. The van der Waals surface area contributed by atoms with Crippen molar-refractivity contribution in [3.05, 3.63) is 77.1 Å². The second-order valence-electron chi connectivity index (χ2n) is 6.25. The molecule has 0 N–H and O–H groups in total. The summed E-state index contributed by atoms with van der Waals surface area (Å²) in [6, 6.07) is 17.5. The van der Waals surface area contributed by atoms with E-state index < -0.39 is 0 Å². The molecule has 3 heteroatoms. The molecule has 2 aromatic carbocycles. The van der Waals surface area contributed by atoms with Gasteiger partial charge in [0.05, 0.1) is 0 Å². The number of fused-ring (bicyclic) bond motifs is 6. The molecule has 2 aliphatic rings. The Kier molecular flexibility index (Phi) is 3.90. The van der Waals surface area contributed by atoms with Crippen LogP contribution in [0.15, 0.2) is 66.0 Å². The van der Waals surface area contributed by atoms with Gasteiger partial charge in [0.2, 0.25) is 0 Å². The van der Waals surface area contributed by atoms with Gasteiger partial charge in [-0.2, -0.15) is 0 Å². The molecule has 0 fully saturated rings. The molecule has 1 aliphatic carbocycles. The van der Waals surface area contributed by atoms with Crippen LogP contribution in [0.2, 0.25) is 0 Å². The number of hydrogen-bond donors (Lipinski definition) is 0. The minimum atomic E-state index is 0.250. The van der Waals surface area contributed by atoms with Crippen LogP contribution in [-0.2, 0) is 24.1 Å². The molecule has 1 atom stereocenters. The fraction of sp³-hybridized carbons (Fsp3) is 0.190. The van der Waals surface area contributed by atoms with E-state index in [-0.39, 0.29) is 5.92 Å². The summed E-state index contributed by atoms with van der Waals surface area (Å²) in [6.45, 7) is 2.19. The van der Waals surface area contributed by atoms with Gasteiger partial charge < -0.3 is 0 Å². The molecule has 1 heterocycles. The molecule has 24 heavy (non-hydrogen) atoms. The number of methoxy groups -OCH3 is 1. The molecule has 0 spiro atoms. The molecular formula is C21H19NOW. The summed E-state index contributed by atoms with van der Waals surface area (Å²) in [5.41, 5.74) is 9.31. The minimum absolute atomic E-state index is 0.250. The Labute approximate surface area is 153 Å². The Morgan fingerprint density at radius 2 is 1.62 bits per heavy atom. The number of nitrogens with zero attached hydrogens (tertiary/aromatic N) is 1. The van der Waals surface area contributed by atoms with Crippen molar-refractivity contribution in [1.29, 1.82) is 0 Å². The van der Waals surface area contributed by atoms with E-state index in [1.54, 1.807) is 7.11 Å². The average molecular weight is 485 g/mol. The van der Waals surface area contributed by atoms with Gasteiger partial charge in [0.15, 0.2) is 0 Å². The number of ether oxygens (including phenoxy) is 1. The molecule has 2 aromatic rings. The SMILES string of the molecule is CO[C](=[W])C1=C(C)N(C)C=C2c3ccccc3-c3ccccc3C21. The van der Waals surface area contributed by atoms with Crippen LogP contribution in [-0.4, -0.2) is 23.1 Å². The Morgan fingerprint density at radius 1 is 1.00 bits per heavy atom. The van der Waals surface area contributed by atoms with Gasteiger partial charge in [-0.15, -0.1) is 0 Å². The normalized spacial score (nSPS) is 18.5. The van der Waals surface area contributed by atoms with Crippen molar-refractivity contribution in [2.24, 2.45) is 0 Å². The number of hydrogen-bond acceptors (Lipinski definition) is 2. The zero-order valence-corrected chi connectivity index (χ0v) is 17.0. The second-order valence-corrected chi connectivity index (χ2v) is 7.58. The summed E-state index contributed by atoms with van der Waals surface area (Å²) in [5.74, 6) is 0.250. The third kappa shape index (κ3) is 2.21. The first-order valence-corrected chi connectivity index (χ1v) is 9.52. The Bertz CT molecular complexity index is 910. The van der Waals surface area contributed by atoms with E-state index in [0.29, 0.717) is 0 Å². The van der Waals surface area contributed by atoms with Crippen molar-refractivity contribution in [1.82, 2.24) is 4.90 Å². The predicted octanol–water partition coefficient (Wildman–Crippen LogP) is 4.33. The van der Waals surface area contributed by atoms with Crippen molar-refractivity contribution < 1.29 is 24.1 Å². The van der Waals surface area contributed by atoms with Crippen molar-refractivity contribution in [2.45, 2.75) is 12.8 Å². The van der Waals surface area contributed by atoms with E-state index >= 15 is 0 Å². The molecule has 0 saturated heterocycles. The van der Waals surface area contributed by atoms with E-state index in [1.165, 1.54) is 58.5 Å². The summed E-state index contributed by atoms with van der Waals surface area (Å²) in [7, 11) is 3.91. The van der Waals surface area contributed by atoms with Crippen LogP contribution in [0.1, 0.15) is 24.0 Å². The summed E-state index contributed by atoms with van der Waals surface area (Å²) in [5, 5.41) is 0. The first-order chi connectivity index (χ1) is 11.6. The molecule has 2 nitrogen and oxygen atoms in total. The van der Waals surface area contributed by atoms with Gasteiger partial charge in [-0.05, 0) is 0 Å². The van der Waals surface area contributed by atoms with E-state index in [4.69, 9.17) is 4.74 Å².